The molecule has 0 saturated carbocycles. The molecule has 0 bridgehead atoms. The Bertz CT molecular complexity index is 576. The van der Waals surface area contributed by atoms with Crippen LogP contribution in [0.25, 0.3) is 11.0 Å². The summed E-state index contributed by atoms with van der Waals surface area (Å²) in [6, 6.07) is 4.68. The highest BCUT2D eigenvalue weighted by Crippen LogP contribution is 2.25. The van der Waals surface area contributed by atoms with E-state index in [4.69, 9.17) is 10.5 Å². The molecule has 1 aliphatic rings. The van der Waals surface area contributed by atoms with Crippen LogP contribution < -0.4 is 5.73 Å². The summed E-state index contributed by atoms with van der Waals surface area (Å²) >= 11 is 0. The number of nitrogens with zero attached hydrogens (tertiary/aromatic N) is 2. The Morgan fingerprint density at radius 1 is 1.33 bits per heavy atom. The quantitative estimate of drug-likeness (QED) is 0.835. The molecule has 1 aliphatic heterocycles. The van der Waals surface area contributed by atoms with Crippen molar-refractivity contribution in [2.24, 2.45) is 5.73 Å². The van der Waals surface area contributed by atoms with Crippen LogP contribution in [0.2, 0.25) is 0 Å². The van der Waals surface area contributed by atoms with Crippen molar-refractivity contribution in [3.63, 3.8) is 0 Å². The van der Waals surface area contributed by atoms with Gasteiger partial charge in [0.15, 0.2) is 0 Å². The fourth-order valence-corrected chi connectivity index (χ4v) is 2.57. The van der Waals surface area contributed by atoms with Crippen LogP contribution in [0, 0.1) is 13.8 Å². The number of imidazole rings is 1. The summed E-state index contributed by atoms with van der Waals surface area (Å²) in [5, 5.41) is 0. The van der Waals surface area contributed by atoms with Gasteiger partial charge in [-0.3, -0.25) is 0 Å². The molecule has 2 unspecified atom stereocenters. The van der Waals surface area contributed by atoms with E-state index in [-0.39, 0.29) is 12.1 Å². The largest absolute Gasteiger partial charge is 0.379 e. The molecule has 4 nitrogen and oxygen atoms in total. The number of rotatable bonds is 1. The topological polar surface area (TPSA) is 53.1 Å². The number of fused-ring (bicyclic) bond motifs is 1. The molecule has 0 spiro atoms. The number of hydrogen-bond acceptors (Lipinski definition) is 3. The summed E-state index contributed by atoms with van der Waals surface area (Å²) in [5.74, 6) is 0. The van der Waals surface area contributed by atoms with Crippen molar-refractivity contribution in [3.8, 4) is 0 Å². The second kappa shape index (κ2) is 4.37. The number of nitrogens with two attached hydrogens (primary N) is 1. The first kappa shape index (κ1) is 11.7. The minimum atomic E-state index is 0.151. The molecule has 0 amide bonds. The highest BCUT2D eigenvalue weighted by Gasteiger charge is 2.25. The average Bonchev–Trinajstić information content (AvgIpc) is 2.73. The van der Waals surface area contributed by atoms with E-state index in [1.54, 1.807) is 0 Å². The van der Waals surface area contributed by atoms with Crippen molar-refractivity contribution in [2.45, 2.75) is 32.4 Å². The molecule has 2 heterocycles. The van der Waals surface area contributed by atoms with E-state index in [0.29, 0.717) is 6.61 Å². The van der Waals surface area contributed by atoms with Crippen LogP contribution in [-0.4, -0.2) is 28.8 Å². The van der Waals surface area contributed by atoms with Crippen molar-refractivity contribution in [3.05, 3.63) is 29.6 Å². The monoisotopic (exact) mass is 245 g/mol. The van der Waals surface area contributed by atoms with E-state index in [9.17, 15) is 0 Å². The lowest BCUT2D eigenvalue weighted by atomic mass is 10.0. The summed E-state index contributed by atoms with van der Waals surface area (Å²) in [7, 11) is 0. The van der Waals surface area contributed by atoms with Crippen LogP contribution in [0.4, 0.5) is 0 Å². The van der Waals surface area contributed by atoms with Crippen molar-refractivity contribution >= 4 is 11.0 Å². The summed E-state index contributed by atoms with van der Waals surface area (Å²) in [4.78, 5) is 4.48. The van der Waals surface area contributed by atoms with E-state index < -0.39 is 0 Å². The van der Waals surface area contributed by atoms with E-state index in [0.717, 1.165) is 24.1 Å². The standard InChI is InChI=1S/C14H19N3O/c1-9-5-12-13(6-10(9)2)17(8-16-12)14-7-18-4-3-11(14)15/h5-6,8,11,14H,3-4,7,15H2,1-2H3. The maximum atomic E-state index is 6.20. The lowest BCUT2D eigenvalue weighted by Crippen LogP contribution is -2.39. The van der Waals surface area contributed by atoms with Crippen molar-refractivity contribution in [1.29, 1.82) is 0 Å². The number of ether oxygens (including phenoxy) is 1. The zero-order chi connectivity index (χ0) is 12.7. The molecule has 0 aliphatic carbocycles. The Morgan fingerprint density at radius 3 is 2.89 bits per heavy atom. The molecule has 0 radical (unpaired) electrons. The minimum absolute atomic E-state index is 0.151. The fraction of sp³-hybridized carbons (Fsp3) is 0.500. The minimum Gasteiger partial charge on any atom is -0.379 e. The average molecular weight is 245 g/mol. The molecule has 96 valence electrons. The summed E-state index contributed by atoms with van der Waals surface area (Å²) in [6.07, 6.45) is 2.80. The van der Waals surface area contributed by atoms with Gasteiger partial charge in [-0.05, 0) is 43.5 Å². The second-order valence-electron chi connectivity index (χ2n) is 5.17. The molecule has 2 N–H and O–H groups in total. The summed E-state index contributed by atoms with van der Waals surface area (Å²) in [5.41, 5.74) is 11.0. The van der Waals surface area contributed by atoms with Gasteiger partial charge in [-0.25, -0.2) is 4.98 Å². The Morgan fingerprint density at radius 2 is 2.11 bits per heavy atom. The maximum Gasteiger partial charge on any atom is 0.0962 e. The first-order valence-corrected chi connectivity index (χ1v) is 6.44. The third-order valence-corrected chi connectivity index (χ3v) is 3.93. The summed E-state index contributed by atoms with van der Waals surface area (Å²) < 4.78 is 7.72. The molecule has 1 saturated heterocycles. The Balaban J connectivity index is 2.09. The maximum absolute atomic E-state index is 6.20. The molecular weight excluding hydrogens is 226 g/mol. The van der Waals surface area contributed by atoms with E-state index in [1.165, 1.54) is 11.1 Å². The third-order valence-electron chi connectivity index (χ3n) is 3.93. The molecule has 1 aromatic carbocycles. The fourth-order valence-electron chi connectivity index (χ4n) is 2.57. The first-order valence-electron chi connectivity index (χ1n) is 6.44. The Hall–Kier alpha value is -1.39. The van der Waals surface area contributed by atoms with Gasteiger partial charge in [-0.1, -0.05) is 0 Å². The van der Waals surface area contributed by atoms with Crippen molar-refractivity contribution in [2.75, 3.05) is 13.2 Å². The van der Waals surface area contributed by atoms with Gasteiger partial charge in [-0.2, -0.15) is 0 Å². The normalized spacial score (nSPS) is 24.6. The lowest BCUT2D eigenvalue weighted by molar-refractivity contribution is 0.0481. The van der Waals surface area contributed by atoms with E-state index in [1.807, 2.05) is 6.33 Å². The molecule has 2 atom stereocenters. The van der Waals surface area contributed by atoms with E-state index in [2.05, 4.69) is 35.5 Å². The van der Waals surface area contributed by atoms with Gasteiger partial charge >= 0.3 is 0 Å². The third kappa shape index (κ3) is 1.82. The first-order chi connectivity index (χ1) is 8.66. The number of hydrogen-bond donors (Lipinski definition) is 1. The lowest BCUT2D eigenvalue weighted by Gasteiger charge is -2.30. The van der Waals surface area contributed by atoms with Gasteiger partial charge < -0.3 is 15.0 Å². The van der Waals surface area contributed by atoms with Crippen LogP contribution in [0.3, 0.4) is 0 Å². The predicted octanol–water partition coefficient (Wildman–Crippen LogP) is 1.94. The highest BCUT2D eigenvalue weighted by atomic mass is 16.5. The molecule has 18 heavy (non-hydrogen) atoms. The second-order valence-corrected chi connectivity index (χ2v) is 5.17. The zero-order valence-electron chi connectivity index (χ0n) is 10.9. The SMILES string of the molecule is Cc1cc2ncn(C3COCCC3N)c2cc1C. The van der Waals surface area contributed by atoms with Gasteiger partial charge in [0.1, 0.15) is 0 Å². The zero-order valence-corrected chi connectivity index (χ0v) is 10.9. The van der Waals surface area contributed by atoms with Gasteiger partial charge in [0, 0.05) is 12.6 Å². The summed E-state index contributed by atoms with van der Waals surface area (Å²) in [6.45, 7) is 5.69. The van der Waals surface area contributed by atoms with Crippen LogP contribution in [-0.2, 0) is 4.74 Å². The molecular formula is C14H19N3O. The van der Waals surface area contributed by atoms with Crippen molar-refractivity contribution < 1.29 is 4.74 Å². The van der Waals surface area contributed by atoms with Gasteiger partial charge in [0.25, 0.3) is 0 Å². The van der Waals surface area contributed by atoms with Crippen LogP contribution >= 0.6 is 0 Å². The molecule has 4 heteroatoms. The van der Waals surface area contributed by atoms with E-state index >= 15 is 0 Å². The Labute approximate surface area is 107 Å². The van der Waals surface area contributed by atoms with Crippen LogP contribution in [0.15, 0.2) is 18.5 Å². The van der Waals surface area contributed by atoms with Crippen LogP contribution in [0.1, 0.15) is 23.6 Å². The number of aromatic nitrogens is 2. The highest BCUT2D eigenvalue weighted by molar-refractivity contribution is 5.77. The van der Waals surface area contributed by atoms with Gasteiger partial charge in [-0.15, -0.1) is 0 Å². The number of aryl methyl sites for hydroxylation is 2. The van der Waals surface area contributed by atoms with Gasteiger partial charge in [0.05, 0.1) is 30.0 Å². The molecule has 2 aromatic rings. The van der Waals surface area contributed by atoms with Gasteiger partial charge in [0.2, 0.25) is 0 Å². The number of benzene rings is 1. The predicted molar refractivity (Wildman–Crippen MR) is 71.7 cm³/mol. The van der Waals surface area contributed by atoms with Crippen molar-refractivity contribution in [1.82, 2.24) is 9.55 Å². The smallest absolute Gasteiger partial charge is 0.0962 e. The van der Waals surface area contributed by atoms with Crippen LogP contribution in [0.5, 0.6) is 0 Å². The molecule has 1 aromatic heterocycles. The Kier molecular flexibility index (Phi) is 2.84. The molecule has 1 fully saturated rings. The molecule has 3 rings (SSSR count).